The lowest BCUT2D eigenvalue weighted by Crippen LogP contribution is -2.11. The number of nitrogens with zero attached hydrogens (tertiary/aromatic N) is 3. The van der Waals surface area contributed by atoms with Crippen LogP contribution in [0.1, 0.15) is 5.56 Å². The van der Waals surface area contributed by atoms with E-state index < -0.39 is 63.9 Å². The van der Waals surface area contributed by atoms with Gasteiger partial charge in [0, 0.05) is 8.95 Å². The molecule has 0 saturated heterocycles. The average Bonchev–Trinajstić information content (AvgIpc) is 2.61. The highest BCUT2D eigenvalue weighted by Crippen LogP contribution is 2.52. The molecule has 10 nitrogen and oxygen atoms in total. The average molecular weight is 688 g/mol. The summed E-state index contributed by atoms with van der Waals surface area (Å²) in [5.41, 5.74) is -5.61. The Kier molecular flexibility index (Phi) is 7.10. The highest BCUT2D eigenvalue weighted by molar-refractivity contribution is 9.14. The van der Waals surface area contributed by atoms with Crippen LogP contribution in [0, 0.1) is 30.3 Å². The van der Waals surface area contributed by atoms with Crippen molar-refractivity contribution >= 4 is 92.2 Å². The van der Waals surface area contributed by atoms with Crippen LogP contribution in [0.4, 0.5) is 41.6 Å². The molecular formula is C13H3Br4F3N4O6. The number of benzene rings is 2. The van der Waals surface area contributed by atoms with Gasteiger partial charge < -0.3 is 5.32 Å². The minimum atomic E-state index is -4.88. The summed E-state index contributed by atoms with van der Waals surface area (Å²) in [6.07, 6.45) is -4.88. The van der Waals surface area contributed by atoms with Gasteiger partial charge in [-0.25, -0.2) is 0 Å². The van der Waals surface area contributed by atoms with Crippen LogP contribution in [0.15, 0.2) is 30.0 Å². The normalized spacial score (nSPS) is 11.3. The van der Waals surface area contributed by atoms with Crippen LogP contribution in [-0.4, -0.2) is 14.8 Å². The number of non-ortho nitro benzene ring substituents is 1. The Morgan fingerprint density at radius 1 is 0.733 bits per heavy atom. The first-order valence-electron chi connectivity index (χ1n) is 6.99. The van der Waals surface area contributed by atoms with Gasteiger partial charge in [-0.15, -0.1) is 0 Å². The number of rotatable bonds is 5. The molecule has 0 spiro atoms. The van der Waals surface area contributed by atoms with E-state index in [-0.39, 0.29) is 8.95 Å². The molecule has 0 radical (unpaired) electrons. The summed E-state index contributed by atoms with van der Waals surface area (Å²) in [6.45, 7) is 0. The number of anilines is 2. The summed E-state index contributed by atoms with van der Waals surface area (Å²) in [5.74, 6) is 0. The Morgan fingerprint density at radius 3 is 1.57 bits per heavy atom. The molecule has 0 fully saturated rings. The van der Waals surface area contributed by atoms with Gasteiger partial charge in [0.2, 0.25) is 0 Å². The van der Waals surface area contributed by atoms with Crippen LogP contribution in [0.25, 0.3) is 0 Å². The standard InChI is InChI=1S/C13H3Br4F3N4O6/c14-7-6(13(18,19)20)8(15)12(10(17)9(7)16)21-11-4(23(27)28)1-3(22(25)26)2-5(11)24(29)30/h1-2,21H. The number of nitro groups is 3. The number of halogens is 7. The zero-order valence-electron chi connectivity index (χ0n) is 13.6. The van der Waals surface area contributed by atoms with Crippen molar-refractivity contribution in [3.05, 3.63) is 65.9 Å². The Bertz CT molecular complexity index is 1080. The van der Waals surface area contributed by atoms with Gasteiger partial charge in [-0.1, -0.05) is 0 Å². The zero-order valence-corrected chi connectivity index (χ0v) is 19.9. The Hall–Kier alpha value is -1.85. The van der Waals surface area contributed by atoms with Gasteiger partial charge in [-0.05, 0) is 63.7 Å². The SMILES string of the molecule is O=[N+]([O-])c1cc([N+](=O)[O-])c(Nc2c(Br)c(Br)c(Br)c(C(F)(F)F)c2Br)c([N+](=O)[O-])c1. The van der Waals surface area contributed by atoms with E-state index in [0.29, 0.717) is 12.1 Å². The van der Waals surface area contributed by atoms with E-state index in [2.05, 4.69) is 69.0 Å². The van der Waals surface area contributed by atoms with Gasteiger partial charge in [-0.2, -0.15) is 13.2 Å². The smallest absolute Gasteiger partial charge is 0.342 e. The van der Waals surface area contributed by atoms with Crippen LogP contribution in [0.5, 0.6) is 0 Å². The topological polar surface area (TPSA) is 141 Å². The number of nitrogens with one attached hydrogen (secondary N) is 1. The predicted molar refractivity (Wildman–Crippen MR) is 112 cm³/mol. The molecule has 2 aromatic rings. The first-order chi connectivity index (χ1) is 13.7. The third-order valence-electron chi connectivity index (χ3n) is 3.48. The summed E-state index contributed by atoms with van der Waals surface area (Å²) in [6, 6.07) is 0.908. The molecule has 0 saturated carbocycles. The summed E-state index contributed by atoms with van der Waals surface area (Å²) in [7, 11) is 0. The molecule has 160 valence electrons. The predicted octanol–water partition coefficient (Wildman–Crippen LogP) is 7.22. The quantitative estimate of drug-likeness (QED) is 0.151. The molecule has 17 heteroatoms. The molecule has 0 unspecified atom stereocenters. The van der Waals surface area contributed by atoms with Crippen molar-refractivity contribution in [1.82, 2.24) is 0 Å². The molecule has 1 N–H and O–H groups in total. The van der Waals surface area contributed by atoms with E-state index >= 15 is 0 Å². The van der Waals surface area contributed by atoms with Gasteiger partial charge in [0.1, 0.15) is 0 Å². The summed E-state index contributed by atoms with van der Waals surface area (Å²) in [4.78, 5) is 30.4. The lowest BCUT2D eigenvalue weighted by molar-refractivity contribution is -0.401. The minimum Gasteiger partial charge on any atom is -0.342 e. The van der Waals surface area contributed by atoms with Gasteiger partial charge in [0.15, 0.2) is 5.69 Å². The van der Waals surface area contributed by atoms with Crippen molar-refractivity contribution in [3.63, 3.8) is 0 Å². The van der Waals surface area contributed by atoms with Gasteiger partial charge >= 0.3 is 17.6 Å². The van der Waals surface area contributed by atoms with Crippen LogP contribution < -0.4 is 5.32 Å². The highest BCUT2D eigenvalue weighted by Gasteiger charge is 2.40. The molecule has 0 aliphatic heterocycles. The van der Waals surface area contributed by atoms with Crippen LogP contribution in [-0.2, 0) is 6.18 Å². The second kappa shape index (κ2) is 8.72. The van der Waals surface area contributed by atoms with Crippen molar-refractivity contribution in [3.8, 4) is 0 Å². The fraction of sp³-hybridized carbons (Fsp3) is 0.0769. The van der Waals surface area contributed by atoms with Crippen LogP contribution in [0.2, 0.25) is 0 Å². The van der Waals surface area contributed by atoms with Crippen LogP contribution >= 0.6 is 63.7 Å². The van der Waals surface area contributed by atoms with Crippen molar-refractivity contribution in [2.24, 2.45) is 0 Å². The zero-order chi connectivity index (χ0) is 23.1. The van der Waals surface area contributed by atoms with E-state index in [4.69, 9.17) is 0 Å². The Labute approximate surface area is 196 Å². The number of hydrogen-bond acceptors (Lipinski definition) is 7. The third kappa shape index (κ3) is 4.57. The molecular weight excluding hydrogens is 685 g/mol. The summed E-state index contributed by atoms with van der Waals surface area (Å²) in [5, 5.41) is 35.9. The van der Waals surface area contributed by atoms with E-state index in [0.717, 1.165) is 0 Å². The second-order valence-electron chi connectivity index (χ2n) is 5.26. The maximum Gasteiger partial charge on any atom is 0.418 e. The van der Waals surface area contributed by atoms with Crippen molar-refractivity contribution in [2.75, 3.05) is 5.32 Å². The molecule has 0 bridgehead atoms. The van der Waals surface area contributed by atoms with Gasteiger partial charge in [0.05, 0.1) is 47.1 Å². The molecule has 0 atom stereocenters. The van der Waals surface area contributed by atoms with E-state index in [9.17, 15) is 43.5 Å². The fourth-order valence-electron chi connectivity index (χ4n) is 2.24. The van der Waals surface area contributed by atoms with E-state index in [1.807, 2.05) is 0 Å². The molecule has 0 heterocycles. The van der Waals surface area contributed by atoms with Crippen molar-refractivity contribution in [2.45, 2.75) is 6.18 Å². The molecule has 2 aromatic carbocycles. The molecule has 30 heavy (non-hydrogen) atoms. The third-order valence-corrected chi connectivity index (χ3v) is 7.72. The van der Waals surface area contributed by atoms with Crippen LogP contribution in [0.3, 0.4) is 0 Å². The number of alkyl halides is 3. The lowest BCUT2D eigenvalue weighted by Gasteiger charge is -2.19. The fourth-order valence-corrected chi connectivity index (χ4v) is 5.27. The highest BCUT2D eigenvalue weighted by atomic mass is 79.9. The molecule has 0 amide bonds. The van der Waals surface area contributed by atoms with E-state index in [1.54, 1.807) is 0 Å². The summed E-state index contributed by atoms with van der Waals surface area (Å²) >= 11 is 11.5. The number of hydrogen-bond donors (Lipinski definition) is 1. The maximum absolute atomic E-state index is 13.5. The molecule has 2 rings (SSSR count). The maximum atomic E-state index is 13.5. The Morgan fingerprint density at radius 2 is 1.20 bits per heavy atom. The molecule has 0 aromatic heterocycles. The summed E-state index contributed by atoms with van der Waals surface area (Å²) < 4.78 is 39.2. The first-order valence-corrected chi connectivity index (χ1v) is 10.2. The Balaban J connectivity index is 2.89. The number of nitro benzene ring substituents is 3. The van der Waals surface area contributed by atoms with Crippen molar-refractivity contribution < 1.29 is 27.9 Å². The minimum absolute atomic E-state index is 0.0730. The second-order valence-corrected chi connectivity index (χ2v) is 8.43. The van der Waals surface area contributed by atoms with Crippen molar-refractivity contribution in [1.29, 1.82) is 0 Å². The molecule has 0 aliphatic carbocycles. The first kappa shape index (κ1) is 24.4. The monoisotopic (exact) mass is 684 g/mol. The molecule has 0 aliphatic rings. The van der Waals surface area contributed by atoms with Gasteiger partial charge in [0.25, 0.3) is 5.69 Å². The largest absolute Gasteiger partial charge is 0.418 e. The van der Waals surface area contributed by atoms with E-state index in [1.165, 1.54) is 0 Å². The lowest BCUT2D eigenvalue weighted by atomic mass is 10.1. The van der Waals surface area contributed by atoms with Gasteiger partial charge in [-0.3, -0.25) is 30.3 Å².